The van der Waals surface area contributed by atoms with Crippen molar-refractivity contribution in [3.8, 4) is 0 Å². The van der Waals surface area contributed by atoms with Gasteiger partial charge in [-0.25, -0.2) is 4.79 Å². The van der Waals surface area contributed by atoms with E-state index in [1.807, 2.05) is 19.1 Å². The van der Waals surface area contributed by atoms with E-state index in [9.17, 15) is 9.59 Å². The molecule has 120 valence electrons. The molecule has 0 aliphatic rings. The number of aromatic nitrogens is 1. The quantitative estimate of drug-likeness (QED) is 0.848. The van der Waals surface area contributed by atoms with Crippen molar-refractivity contribution in [2.75, 3.05) is 12.4 Å². The molecule has 1 aromatic carbocycles. The van der Waals surface area contributed by atoms with Crippen LogP contribution in [0.4, 0.5) is 5.69 Å². The Labute approximate surface area is 139 Å². The molecule has 0 radical (unpaired) electrons. The van der Waals surface area contributed by atoms with E-state index in [0.29, 0.717) is 16.3 Å². The maximum absolute atomic E-state index is 12.2. The van der Waals surface area contributed by atoms with Crippen molar-refractivity contribution in [2.24, 2.45) is 0 Å². The van der Waals surface area contributed by atoms with Crippen LogP contribution < -0.4 is 5.32 Å². The number of rotatable bonds is 5. The molecule has 6 heteroatoms. The first-order valence-corrected chi connectivity index (χ1v) is 7.46. The van der Waals surface area contributed by atoms with Crippen LogP contribution in [0, 0.1) is 0 Å². The van der Waals surface area contributed by atoms with Gasteiger partial charge in [-0.15, -0.1) is 0 Å². The van der Waals surface area contributed by atoms with Gasteiger partial charge in [0.1, 0.15) is 0 Å². The lowest BCUT2D eigenvalue weighted by Gasteiger charge is -2.13. The van der Waals surface area contributed by atoms with Crippen molar-refractivity contribution in [3.05, 3.63) is 58.9 Å². The molecule has 0 saturated heterocycles. The van der Waals surface area contributed by atoms with Crippen LogP contribution in [0.1, 0.15) is 35.2 Å². The number of methoxy groups -OCH3 is 1. The molecule has 1 atom stereocenters. The van der Waals surface area contributed by atoms with E-state index in [2.05, 4.69) is 15.0 Å². The molecule has 1 N–H and O–H groups in total. The third kappa shape index (κ3) is 4.53. The van der Waals surface area contributed by atoms with Crippen LogP contribution in [-0.4, -0.2) is 24.0 Å². The van der Waals surface area contributed by atoms with E-state index >= 15 is 0 Å². The van der Waals surface area contributed by atoms with Gasteiger partial charge < -0.3 is 10.1 Å². The summed E-state index contributed by atoms with van der Waals surface area (Å²) in [7, 11) is 1.30. The molecular formula is C17H17ClN2O3. The number of halogens is 1. The zero-order valence-corrected chi connectivity index (χ0v) is 13.6. The maximum atomic E-state index is 12.2. The molecular weight excluding hydrogens is 316 g/mol. The van der Waals surface area contributed by atoms with Crippen molar-refractivity contribution >= 4 is 29.2 Å². The number of hydrogen-bond donors (Lipinski definition) is 1. The van der Waals surface area contributed by atoms with E-state index in [0.717, 1.165) is 5.56 Å². The summed E-state index contributed by atoms with van der Waals surface area (Å²) in [5.74, 6) is -0.655. The molecule has 0 aliphatic heterocycles. The van der Waals surface area contributed by atoms with Crippen LogP contribution in [-0.2, 0) is 9.53 Å². The molecule has 2 rings (SSSR count). The second kappa shape index (κ2) is 7.74. The van der Waals surface area contributed by atoms with Crippen LogP contribution in [0.15, 0.2) is 42.7 Å². The number of benzene rings is 1. The average molecular weight is 333 g/mol. The Bertz CT molecular complexity index is 704. The smallest absolute Gasteiger partial charge is 0.337 e. The Morgan fingerprint density at radius 3 is 2.78 bits per heavy atom. The average Bonchev–Trinajstić information content (AvgIpc) is 2.56. The number of amides is 1. The fourth-order valence-corrected chi connectivity index (χ4v) is 2.30. The molecule has 1 amide bonds. The van der Waals surface area contributed by atoms with Gasteiger partial charge in [-0.05, 0) is 35.7 Å². The van der Waals surface area contributed by atoms with Gasteiger partial charge in [-0.2, -0.15) is 0 Å². The summed E-state index contributed by atoms with van der Waals surface area (Å²) >= 11 is 6.06. The number of nitrogens with one attached hydrogen (secondary N) is 1. The van der Waals surface area contributed by atoms with Crippen LogP contribution in [0.25, 0.3) is 0 Å². The SMILES string of the molecule is COC(=O)c1ccc(Cl)c(NC(=O)CC(C)c2cccnc2)c1. The number of anilines is 1. The highest BCUT2D eigenvalue weighted by Gasteiger charge is 2.14. The lowest BCUT2D eigenvalue weighted by Crippen LogP contribution is -2.15. The Kier molecular flexibility index (Phi) is 5.71. The largest absolute Gasteiger partial charge is 0.465 e. The molecule has 0 saturated carbocycles. The Morgan fingerprint density at radius 1 is 1.35 bits per heavy atom. The zero-order valence-electron chi connectivity index (χ0n) is 12.9. The molecule has 5 nitrogen and oxygen atoms in total. The second-order valence-electron chi connectivity index (χ2n) is 5.13. The number of ether oxygens (including phenoxy) is 1. The predicted octanol–water partition coefficient (Wildman–Crippen LogP) is 3.65. The number of hydrogen-bond acceptors (Lipinski definition) is 4. The second-order valence-corrected chi connectivity index (χ2v) is 5.53. The van der Waals surface area contributed by atoms with Crippen LogP contribution in [0.2, 0.25) is 5.02 Å². The first-order valence-electron chi connectivity index (χ1n) is 7.09. The number of esters is 1. The molecule has 0 aliphatic carbocycles. The molecule has 0 fully saturated rings. The number of pyridine rings is 1. The van der Waals surface area contributed by atoms with Crippen molar-refractivity contribution in [2.45, 2.75) is 19.3 Å². The Morgan fingerprint density at radius 2 is 2.13 bits per heavy atom. The monoisotopic (exact) mass is 332 g/mol. The fourth-order valence-electron chi connectivity index (χ4n) is 2.13. The molecule has 1 unspecified atom stereocenters. The highest BCUT2D eigenvalue weighted by molar-refractivity contribution is 6.33. The summed E-state index contributed by atoms with van der Waals surface area (Å²) in [5.41, 5.74) is 1.70. The summed E-state index contributed by atoms with van der Waals surface area (Å²) in [5, 5.41) is 3.09. The van der Waals surface area contributed by atoms with Gasteiger partial charge in [0, 0.05) is 18.8 Å². The van der Waals surface area contributed by atoms with Crippen molar-refractivity contribution in [1.29, 1.82) is 0 Å². The summed E-state index contributed by atoms with van der Waals surface area (Å²) in [6.45, 7) is 1.95. The van der Waals surface area contributed by atoms with Gasteiger partial charge in [0.25, 0.3) is 0 Å². The lowest BCUT2D eigenvalue weighted by molar-refractivity contribution is -0.116. The summed E-state index contributed by atoms with van der Waals surface area (Å²) in [4.78, 5) is 27.8. The molecule has 0 spiro atoms. The van der Waals surface area contributed by atoms with Gasteiger partial charge in [-0.1, -0.05) is 24.6 Å². The minimum Gasteiger partial charge on any atom is -0.465 e. The third-order valence-electron chi connectivity index (χ3n) is 3.41. The molecule has 0 bridgehead atoms. The number of carbonyl (C=O) groups is 2. The van der Waals surface area contributed by atoms with Crippen LogP contribution in [0.3, 0.4) is 0 Å². The van der Waals surface area contributed by atoms with E-state index < -0.39 is 5.97 Å². The van der Waals surface area contributed by atoms with E-state index in [1.165, 1.54) is 13.2 Å². The van der Waals surface area contributed by atoms with Crippen LogP contribution >= 0.6 is 11.6 Å². The number of nitrogens with zero attached hydrogens (tertiary/aromatic N) is 1. The highest BCUT2D eigenvalue weighted by Crippen LogP contribution is 2.25. The fraction of sp³-hybridized carbons (Fsp3) is 0.235. The van der Waals surface area contributed by atoms with Gasteiger partial charge in [0.05, 0.1) is 23.4 Å². The topological polar surface area (TPSA) is 68.3 Å². The first kappa shape index (κ1) is 17.0. The van der Waals surface area contributed by atoms with Crippen LogP contribution in [0.5, 0.6) is 0 Å². The standard InChI is InChI=1S/C17H17ClN2O3/c1-11(13-4-3-7-19-10-13)8-16(21)20-15-9-12(17(22)23-2)5-6-14(15)18/h3-7,9-11H,8H2,1-2H3,(H,20,21). The maximum Gasteiger partial charge on any atom is 0.337 e. The minimum absolute atomic E-state index is 0.0197. The molecule has 2 aromatic rings. The third-order valence-corrected chi connectivity index (χ3v) is 3.74. The summed E-state index contributed by atoms with van der Waals surface area (Å²) in [6, 6.07) is 8.35. The molecule has 1 aromatic heterocycles. The summed E-state index contributed by atoms with van der Waals surface area (Å²) < 4.78 is 4.66. The summed E-state index contributed by atoms with van der Waals surface area (Å²) in [6.07, 6.45) is 3.71. The zero-order chi connectivity index (χ0) is 16.8. The molecule has 1 heterocycles. The lowest BCUT2D eigenvalue weighted by atomic mass is 9.99. The van der Waals surface area contributed by atoms with Crippen molar-refractivity contribution in [1.82, 2.24) is 4.98 Å². The van der Waals surface area contributed by atoms with Crippen molar-refractivity contribution < 1.29 is 14.3 Å². The van der Waals surface area contributed by atoms with Gasteiger partial charge >= 0.3 is 5.97 Å². The number of carbonyl (C=O) groups excluding carboxylic acids is 2. The predicted molar refractivity (Wildman–Crippen MR) is 88.7 cm³/mol. The Hall–Kier alpha value is -2.40. The van der Waals surface area contributed by atoms with E-state index in [1.54, 1.807) is 24.5 Å². The van der Waals surface area contributed by atoms with Gasteiger partial charge in [0.2, 0.25) is 5.91 Å². The minimum atomic E-state index is -0.485. The van der Waals surface area contributed by atoms with Gasteiger partial charge in [0.15, 0.2) is 0 Å². The molecule has 23 heavy (non-hydrogen) atoms. The van der Waals surface area contributed by atoms with Gasteiger partial charge in [-0.3, -0.25) is 9.78 Å². The normalized spacial score (nSPS) is 11.6. The van der Waals surface area contributed by atoms with E-state index in [4.69, 9.17) is 11.6 Å². The first-order chi connectivity index (χ1) is 11.0. The van der Waals surface area contributed by atoms with Crippen molar-refractivity contribution in [3.63, 3.8) is 0 Å². The van der Waals surface area contributed by atoms with E-state index in [-0.39, 0.29) is 18.2 Å². The highest BCUT2D eigenvalue weighted by atomic mass is 35.5. The Balaban J connectivity index is 2.06.